The van der Waals surface area contributed by atoms with Crippen LogP contribution < -0.4 is 5.43 Å². The second-order valence-electron chi connectivity index (χ2n) is 5.90. The lowest BCUT2D eigenvalue weighted by Gasteiger charge is -2.34. The van der Waals surface area contributed by atoms with Gasteiger partial charge in [0.1, 0.15) is 29.2 Å². The van der Waals surface area contributed by atoms with E-state index in [-0.39, 0.29) is 32.3 Å². The molecule has 2 N–H and O–H groups in total. The number of pyridine rings is 1. The highest BCUT2D eigenvalue weighted by atomic mass is 35.5. The van der Waals surface area contributed by atoms with E-state index in [0.29, 0.717) is 5.56 Å². The summed E-state index contributed by atoms with van der Waals surface area (Å²) in [5, 5.41) is 17.8. The van der Waals surface area contributed by atoms with E-state index in [0.717, 1.165) is 17.8 Å². The van der Waals surface area contributed by atoms with Gasteiger partial charge in [-0.15, -0.1) is 0 Å². The van der Waals surface area contributed by atoms with Gasteiger partial charge in [0.2, 0.25) is 5.43 Å². The van der Waals surface area contributed by atoms with Gasteiger partial charge in [-0.1, -0.05) is 35.5 Å². The highest BCUT2D eigenvalue weighted by Gasteiger charge is 2.36. The third-order valence-electron chi connectivity index (χ3n) is 4.38. The predicted molar refractivity (Wildman–Crippen MR) is 98.1 cm³/mol. The van der Waals surface area contributed by atoms with E-state index in [1.165, 1.54) is 28.8 Å². The zero-order valence-corrected chi connectivity index (χ0v) is 14.9. The number of aromatic carboxylic acids is 1. The Labute approximate surface area is 159 Å². The van der Waals surface area contributed by atoms with Crippen LogP contribution >= 0.6 is 23.4 Å². The molecule has 5 nitrogen and oxygen atoms in total. The normalized spacial score (nSPS) is 15.4. The number of carboxylic acids is 1. The van der Waals surface area contributed by atoms with E-state index in [4.69, 9.17) is 11.6 Å². The smallest absolute Gasteiger partial charge is 0.342 e. The largest absolute Gasteiger partial charge is 0.508 e. The van der Waals surface area contributed by atoms with Gasteiger partial charge in [-0.3, -0.25) is 4.79 Å². The van der Waals surface area contributed by atoms with Gasteiger partial charge in [0.15, 0.2) is 0 Å². The number of benzene rings is 2. The molecule has 2 heterocycles. The molecule has 2 aromatic carbocycles. The third kappa shape index (κ3) is 2.51. The fourth-order valence-corrected chi connectivity index (χ4v) is 4.67. The number of carbonyl (C=O) groups is 1. The highest BCUT2D eigenvalue weighted by Crippen LogP contribution is 2.49. The molecule has 0 aliphatic carbocycles. The molecule has 1 unspecified atom stereocenters. The zero-order valence-electron chi connectivity index (χ0n) is 13.4. The maximum atomic E-state index is 14.8. The topological polar surface area (TPSA) is 79.5 Å². The van der Waals surface area contributed by atoms with Gasteiger partial charge < -0.3 is 14.8 Å². The molecule has 3 aromatic rings. The first-order chi connectivity index (χ1) is 12.8. The maximum Gasteiger partial charge on any atom is 0.342 e. The molecule has 27 heavy (non-hydrogen) atoms. The summed E-state index contributed by atoms with van der Waals surface area (Å²) in [5.41, 5.74) is -0.967. The fraction of sp³-hybridized carbons (Fsp3) is 0.111. The van der Waals surface area contributed by atoms with Crippen LogP contribution in [0.3, 0.4) is 0 Å². The molecule has 1 aliphatic heterocycles. The minimum atomic E-state index is -1.46. The Kier molecular flexibility index (Phi) is 4.12. The molecule has 1 aromatic heterocycles. The molecule has 0 bridgehead atoms. The number of carboxylic acid groups (broad SMARTS) is 1. The molecule has 0 fully saturated rings. The van der Waals surface area contributed by atoms with Gasteiger partial charge in [-0.05, 0) is 23.8 Å². The Morgan fingerprint density at radius 3 is 2.56 bits per heavy atom. The van der Waals surface area contributed by atoms with Crippen LogP contribution in [0.15, 0.2) is 40.2 Å². The van der Waals surface area contributed by atoms with Gasteiger partial charge in [-0.2, -0.15) is 0 Å². The molecule has 0 spiro atoms. The lowest BCUT2D eigenvalue weighted by molar-refractivity contribution is 0.0689. The van der Waals surface area contributed by atoms with Crippen molar-refractivity contribution in [3.63, 3.8) is 0 Å². The molecule has 138 valence electrons. The number of fused-ring (bicyclic) bond motifs is 3. The summed E-state index contributed by atoms with van der Waals surface area (Å²) in [6, 6.07) is 6.53. The maximum absolute atomic E-state index is 14.8. The summed E-state index contributed by atoms with van der Waals surface area (Å²) in [5.74, 6) is -2.30. The highest BCUT2D eigenvalue weighted by molar-refractivity contribution is 8.00. The number of aromatic nitrogens is 1. The number of hydrogen-bond acceptors (Lipinski definition) is 4. The molecule has 1 aliphatic rings. The molecule has 1 atom stereocenters. The molecule has 0 saturated carbocycles. The van der Waals surface area contributed by atoms with Crippen LogP contribution in [-0.2, 0) is 0 Å². The van der Waals surface area contributed by atoms with Gasteiger partial charge >= 0.3 is 5.97 Å². The summed E-state index contributed by atoms with van der Waals surface area (Å²) in [6.07, 6.45) is 0. The molecule has 0 radical (unpaired) electrons. The van der Waals surface area contributed by atoms with Crippen LogP contribution in [0.4, 0.5) is 8.78 Å². The van der Waals surface area contributed by atoms with E-state index in [2.05, 4.69) is 0 Å². The Bertz CT molecular complexity index is 1180. The minimum absolute atomic E-state index is 0.0172. The first-order valence-corrected chi connectivity index (χ1v) is 8.96. The summed E-state index contributed by atoms with van der Waals surface area (Å²) in [6.45, 7) is -0.809. The van der Waals surface area contributed by atoms with Gasteiger partial charge in [0, 0.05) is 5.56 Å². The van der Waals surface area contributed by atoms with Crippen molar-refractivity contribution in [1.82, 2.24) is 4.57 Å². The van der Waals surface area contributed by atoms with Crippen LogP contribution in [0.1, 0.15) is 15.7 Å². The summed E-state index contributed by atoms with van der Waals surface area (Å²) in [4.78, 5) is 24.1. The molecule has 9 heteroatoms. The summed E-state index contributed by atoms with van der Waals surface area (Å²) in [7, 11) is 0. The van der Waals surface area contributed by atoms with Crippen molar-refractivity contribution in [2.75, 3.05) is 6.67 Å². The quantitative estimate of drug-likeness (QED) is 0.668. The SMILES string of the molecule is O=C(O)c1c2n(c3c(Cl)c(-c4ccc(O)cc4)c(F)cc3c1=O)C(CF)S2. The third-order valence-corrected chi connectivity index (χ3v) is 5.98. The number of phenols is 1. The Morgan fingerprint density at radius 1 is 1.30 bits per heavy atom. The molecule has 0 saturated heterocycles. The molecule has 4 rings (SSSR count). The Morgan fingerprint density at radius 2 is 1.96 bits per heavy atom. The van der Waals surface area contributed by atoms with E-state index in [1.807, 2.05) is 0 Å². The van der Waals surface area contributed by atoms with Crippen LogP contribution in [0.5, 0.6) is 5.75 Å². The van der Waals surface area contributed by atoms with Crippen molar-refractivity contribution in [3.8, 4) is 16.9 Å². The summed E-state index contributed by atoms with van der Waals surface area (Å²) < 4.78 is 29.5. The van der Waals surface area contributed by atoms with Crippen LogP contribution in [-0.4, -0.2) is 27.4 Å². The number of aromatic hydroxyl groups is 1. The van der Waals surface area contributed by atoms with Gasteiger partial charge in [-0.25, -0.2) is 13.6 Å². The van der Waals surface area contributed by atoms with E-state index in [9.17, 15) is 28.6 Å². The standard InChI is InChI=1S/C18H10ClF2NO4S/c19-14-12(7-1-3-8(23)4-2-7)10(21)5-9-15(14)22-11(6-20)27-17(22)13(16(9)24)18(25)26/h1-5,11,23H,6H2,(H,25,26). The lowest BCUT2D eigenvalue weighted by Crippen LogP contribution is -2.30. The van der Waals surface area contributed by atoms with E-state index < -0.39 is 34.8 Å². The summed E-state index contributed by atoms with van der Waals surface area (Å²) >= 11 is 7.34. The van der Waals surface area contributed by atoms with Crippen LogP contribution in [0.25, 0.3) is 22.0 Å². The van der Waals surface area contributed by atoms with E-state index >= 15 is 0 Å². The van der Waals surface area contributed by atoms with Crippen molar-refractivity contribution in [2.45, 2.75) is 10.4 Å². The fourth-order valence-electron chi connectivity index (χ4n) is 3.18. The second-order valence-corrected chi connectivity index (χ2v) is 7.45. The van der Waals surface area contributed by atoms with Crippen molar-refractivity contribution in [2.24, 2.45) is 0 Å². The Balaban J connectivity index is 2.13. The first-order valence-electron chi connectivity index (χ1n) is 7.70. The zero-order chi connectivity index (χ0) is 19.5. The number of halogens is 3. The number of phenolic OH excluding ortho intramolecular Hbond substituents is 1. The number of alkyl halides is 1. The minimum Gasteiger partial charge on any atom is -0.508 e. The number of hydrogen-bond donors (Lipinski definition) is 2. The molecular weight excluding hydrogens is 400 g/mol. The van der Waals surface area contributed by atoms with E-state index in [1.54, 1.807) is 0 Å². The lowest BCUT2D eigenvalue weighted by atomic mass is 10.0. The van der Waals surface area contributed by atoms with Gasteiger partial charge in [0.05, 0.1) is 21.0 Å². The number of thioether (sulfide) groups is 1. The monoisotopic (exact) mass is 409 g/mol. The second kappa shape index (κ2) is 6.24. The van der Waals surface area contributed by atoms with Crippen molar-refractivity contribution < 1.29 is 23.8 Å². The number of rotatable bonds is 3. The molecule has 0 amide bonds. The average molecular weight is 410 g/mol. The van der Waals surface area contributed by atoms with Crippen LogP contribution in [0, 0.1) is 5.82 Å². The Hall–Kier alpha value is -2.58. The average Bonchev–Trinajstić information content (AvgIpc) is 2.60. The number of nitrogens with zero attached hydrogens (tertiary/aromatic N) is 1. The van der Waals surface area contributed by atoms with Crippen molar-refractivity contribution >= 4 is 40.2 Å². The van der Waals surface area contributed by atoms with Crippen molar-refractivity contribution in [3.05, 3.63) is 57.0 Å². The van der Waals surface area contributed by atoms with Crippen molar-refractivity contribution in [1.29, 1.82) is 0 Å². The predicted octanol–water partition coefficient (Wildman–Crippen LogP) is 4.44. The molecular formula is C18H10ClF2NO4S. The van der Waals surface area contributed by atoms with Crippen LogP contribution in [0.2, 0.25) is 5.02 Å². The first kappa shape index (κ1) is 17.8. The van der Waals surface area contributed by atoms with Gasteiger partial charge in [0.25, 0.3) is 0 Å².